The standard InChI is InChI=1S/C22H20ClFINO2/c1-2-27-21-12-16(13-26-20-6-4-3-5-18(20)23)11-19(25)22(21)28-14-15-7-9-17(24)10-8-15/h3-12,26H,2,13-14H2,1H3. The number of rotatable bonds is 8. The van der Waals surface area contributed by atoms with Crippen LogP contribution in [0.1, 0.15) is 18.1 Å². The summed E-state index contributed by atoms with van der Waals surface area (Å²) in [5.74, 6) is 1.12. The lowest BCUT2D eigenvalue weighted by Crippen LogP contribution is -2.05. The Bertz CT molecular complexity index is 934. The van der Waals surface area contributed by atoms with E-state index in [4.69, 9.17) is 21.1 Å². The number of para-hydroxylation sites is 1. The molecule has 6 heteroatoms. The van der Waals surface area contributed by atoms with Gasteiger partial charge in [0.05, 0.1) is 20.9 Å². The Kier molecular flexibility index (Phi) is 7.39. The normalized spacial score (nSPS) is 10.6. The summed E-state index contributed by atoms with van der Waals surface area (Å²) < 4.78 is 25.8. The van der Waals surface area contributed by atoms with Gasteiger partial charge in [0, 0.05) is 6.54 Å². The van der Waals surface area contributed by atoms with Gasteiger partial charge in [0.1, 0.15) is 12.4 Å². The summed E-state index contributed by atoms with van der Waals surface area (Å²) in [4.78, 5) is 0. The zero-order chi connectivity index (χ0) is 19.9. The largest absolute Gasteiger partial charge is 0.490 e. The van der Waals surface area contributed by atoms with E-state index in [0.717, 1.165) is 20.4 Å². The van der Waals surface area contributed by atoms with E-state index in [1.165, 1.54) is 12.1 Å². The Morgan fingerprint density at radius 1 is 1.00 bits per heavy atom. The summed E-state index contributed by atoms with van der Waals surface area (Å²) in [6.45, 7) is 3.42. The molecule has 0 heterocycles. The van der Waals surface area contributed by atoms with E-state index in [0.29, 0.717) is 36.3 Å². The first kappa shape index (κ1) is 20.7. The van der Waals surface area contributed by atoms with Crippen molar-refractivity contribution in [3.63, 3.8) is 0 Å². The maximum atomic E-state index is 13.1. The second kappa shape index (κ2) is 9.98. The number of hydrogen-bond acceptors (Lipinski definition) is 3. The molecule has 0 bridgehead atoms. The van der Waals surface area contributed by atoms with E-state index >= 15 is 0 Å². The third kappa shape index (κ3) is 5.52. The summed E-state index contributed by atoms with van der Waals surface area (Å²) in [7, 11) is 0. The highest BCUT2D eigenvalue weighted by atomic mass is 127. The number of nitrogens with one attached hydrogen (secondary N) is 1. The van der Waals surface area contributed by atoms with E-state index in [1.54, 1.807) is 12.1 Å². The molecule has 1 N–H and O–H groups in total. The summed E-state index contributed by atoms with van der Waals surface area (Å²) >= 11 is 8.45. The van der Waals surface area contributed by atoms with Crippen LogP contribution in [-0.2, 0) is 13.2 Å². The van der Waals surface area contributed by atoms with Crippen LogP contribution in [0, 0.1) is 9.39 Å². The van der Waals surface area contributed by atoms with Crippen molar-refractivity contribution in [3.05, 3.63) is 86.2 Å². The van der Waals surface area contributed by atoms with Gasteiger partial charge in [0.2, 0.25) is 0 Å². The van der Waals surface area contributed by atoms with Gasteiger partial charge in [0.25, 0.3) is 0 Å². The van der Waals surface area contributed by atoms with Gasteiger partial charge in [-0.15, -0.1) is 0 Å². The van der Waals surface area contributed by atoms with Gasteiger partial charge in [-0.1, -0.05) is 35.9 Å². The minimum atomic E-state index is -0.260. The number of benzene rings is 3. The Hall–Kier alpha value is -1.99. The molecule has 28 heavy (non-hydrogen) atoms. The molecule has 0 unspecified atom stereocenters. The highest BCUT2D eigenvalue weighted by molar-refractivity contribution is 14.1. The van der Waals surface area contributed by atoms with Crippen LogP contribution in [0.4, 0.5) is 10.1 Å². The molecule has 0 aliphatic carbocycles. The Morgan fingerprint density at radius 3 is 2.46 bits per heavy atom. The third-order valence-corrected chi connectivity index (χ3v) is 5.15. The molecule has 0 aromatic heterocycles. The second-order valence-corrected chi connectivity index (χ2v) is 7.66. The van der Waals surface area contributed by atoms with Gasteiger partial charge in [-0.3, -0.25) is 0 Å². The van der Waals surface area contributed by atoms with Crippen molar-refractivity contribution in [2.75, 3.05) is 11.9 Å². The molecule has 0 atom stereocenters. The lowest BCUT2D eigenvalue weighted by atomic mass is 10.2. The predicted octanol–water partition coefficient (Wildman–Crippen LogP) is 6.67. The highest BCUT2D eigenvalue weighted by Crippen LogP contribution is 2.35. The van der Waals surface area contributed by atoms with Crippen molar-refractivity contribution in [1.29, 1.82) is 0 Å². The molecule has 0 aliphatic rings. The Morgan fingerprint density at radius 2 is 1.75 bits per heavy atom. The van der Waals surface area contributed by atoms with Gasteiger partial charge >= 0.3 is 0 Å². The maximum absolute atomic E-state index is 13.1. The van der Waals surface area contributed by atoms with E-state index < -0.39 is 0 Å². The second-order valence-electron chi connectivity index (χ2n) is 6.09. The van der Waals surface area contributed by atoms with Crippen LogP contribution in [0.5, 0.6) is 11.5 Å². The van der Waals surface area contributed by atoms with Gasteiger partial charge < -0.3 is 14.8 Å². The topological polar surface area (TPSA) is 30.5 Å². The first-order valence-corrected chi connectivity index (χ1v) is 10.3. The zero-order valence-corrected chi connectivity index (χ0v) is 18.3. The number of hydrogen-bond donors (Lipinski definition) is 1. The Labute approximate surface area is 183 Å². The number of ether oxygens (including phenoxy) is 2. The lowest BCUT2D eigenvalue weighted by Gasteiger charge is -2.16. The summed E-state index contributed by atoms with van der Waals surface area (Å²) in [6, 6.07) is 17.9. The van der Waals surface area contributed by atoms with Crippen LogP contribution in [-0.4, -0.2) is 6.61 Å². The van der Waals surface area contributed by atoms with Crippen LogP contribution >= 0.6 is 34.2 Å². The lowest BCUT2D eigenvalue weighted by molar-refractivity contribution is 0.267. The van der Waals surface area contributed by atoms with Crippen molar-refractivity contribution in [2.45, 2.75) is 20.1 Å². The quantitative estimate of drug-likeness (QED) is 0.343. The van der Waals surface area contributed by atoms with E-state index in [1.807, 2.05) is 43.3 Å². The zero-order valence-electron chi connectivity index (χ0n) is 15.3. The third-order valence-electron chi connectivity index (χ3n) is 4.02. The van der Waals surface area contributed by atoms with E-state index in [2.05, 4.69) is 27.9 Å². The molecule has 0 fully saturated rings. The van der Waals surface area contributed by atoms with Crippen LogP contribution in [0.25, 0.3) is 0 Å². The molecule has 0 amide bonds. The fourth-order valence-electron chi connectivity index (χ4n) is 2.66. The molecule has 3 aromatic rings. The molecule has 3 nitrogen and oxygen atoms in total. The average Bonchev–Trinajstić information content (AvgIpc) is 2.68. The predicted molar refractivity (Wildman–Crippen MR) is 120 cm³/mol. The van der Waals surface area contributed by atoms with Gasteiger partial charge in [-0.25, -0.2) is 4.39 Å². The van der Waals surface area contributed by atoms with Gasteiger partial charge in [0.15, 0.2) is 11.5 Å². The van der Waals surface area contributed by atoms with Crippen LogP contribution in [0.15, 0.2) is 60.7 Å². The monoisotopic (exact) mass is 511 g/mol. The van der Waals surface area contributed by atoms with Crippen molar-refractivity contribution < 1.29 is 13.9 Å². The molecular weight excluding hydrogens is 492 g/mol. The maximum Gasteiger partial charge on any atom is 0.174 e. The average molecular weight is 512 g/mol. The minimum Gasteiger partial charge on any atom is -0.490 e. The SMILES string of the molecule is CCOc1cc(CNc2ccccc2Cl)cc(I)c1OCc1ccc(F)cc1. The number of anilines is 1. The fourth-order valence-corrected chi connectivity index (χ4v) is 3.69. The molecule has 0 radical (unpaired) electrons. The van der Waals surface area contributed by atoms with Crippen molar-refractivity contribution in [2.24, 2.45) is 0 Å². The highest BCUT2D eigenvalue weighted by Gasteiger charge is 2.13. The molecule has 3 aromatic carbocycles. The summed E-state index contributed by atoms with van der Waals surface area (Å²) in [5, 5.41) is 4.02. The molecule has 0 spiro atoms. The van der Waals surface area contributed by atoms with Crippen LogP contribution < -0.4 is 14.8 Å². The first-order valence-electron chi connectivity index (χ1n) is 8.87. The van der Waals surface area contributed by atoms with Crippen molar-refractivity contribution in [1.82, 2.24) is 0 Å². The molecular formula is C22H20ClFINO2. The first-order chi connectivity index (χ1) is 13.6. The fraction of sp³-hybridized carbons (Fsp3) is 0.182. The molecule has 0 saturated carbocycles. The molecule has 0 aliphatic heterocycles. The van der Waals surface area contributed by atoms with E-state index in [-0.39, 0.29) is 5.82 Å². The van der Waals surface area contributed by atoms with E-state index in [9.17, 15) is 4.39 Å². The number of halogens is 3. The van der Waals surface area contributed by atoms with Crippen molar-refractivity contribution >= 4 is 39.9 Å². The molecule has 3 rings (SSSR count). The summed E-state index contributed by atoms with van der Waals surface area (Å²) in [5.41, 5.74) is 2.83. The van der Waals surface area contributed by atoms with Gasteiger partial charge in [-0.2, -0.15) is 0 Å². The van der Waals surface area contributed by atoms with Crippen LogP contribution in [0.2, 0.25) is 5.02 Å². The molecule has 146 valence electrons. The van der Waals surface area contributed by atoms with Crippen molar-refractivity contribution in [3.8, 4) is 11.5 Å². The minimum absolute atomic E-state index is 0.260. The smallest absolute Gasteiger partial charge is 0.174 e. The van der Waals surface area contributed by atoms with Crippen LogP contribution in [0.3, 0.4) is 0 Å². The molecule has 0 saturated heterocycles. The Balaban J connectivity index is 1.75. The summed E-state index contributed by atoms with van der Waals surface area (Å²) in [6.07, 6.45) is 0. The van der Waals surface area contributed by atoms with Gasteiger partial charge in [-0.05, 0) is 77.0 Å².